The zero-order chi connectivity index (χ0) is 16.2. The molecule has 0 saturated heterocycles. The summed E-state index contributed by atoms with van der Waals surface area (Å²) in [6.07, 6.45) is 1.53. The second-order valence-electron chi connectivity index (χ2n) is 5.19. The van der Waals surface area contributed by atoms with Crippen molar-refractivity contribution < 1.29 is 9.59 Å². The lowest BCUT2D eigenvalue weighted by Gasteiger charge is -2.08. The van der Waals surface area contributed by atoms with Crippen molar-refractivity contribution in [2.24, 2.45) is 0 Å². The Hall–Kier alpha value is -3.15. The average Bonchev–Trinajstić information content (AvgIpc) is 2.96. The number of nitrogens with one attached hydrogen (secondary N) is 2. The van der Waals surface area contributed by atoms with Crippen LogP contribution in [0.1, 0.15) is 15.9 Å². The van der Waals surface area contributed by atoms with Crippen molar-refractivity contribution in [2.45, 2.75) is 6.92 Å². The summed E-state index contributed by atoms with van der Waals surface area (Å²) in [6, 6.07) is 14.6. The second kappa shape index (κ2) is 6.31. The van der Waals surface area contributed by atoms with Crippen LogP contribution in [0.15, 0.2) is 54.9 Å². The van der Waals surface area contributed by atoms with Gasteiger partial charge in [0.25, 0.3) is 11.8 Å². The van der Waals surface area contributed by atoms with Gasteiger partial charge in [-0.2, -0.15) is 0 Å². The first-order valence-corrected chi connectivity index (χ1v) is 7.20. The number of imidazole rings is 1. The molecule has 1 aromatic heterocycles. The van der Waals surface area contributed by atoms with Gasteiger partial charge in [0.15, 0.2) is 0 Å². The highest BCUT2D eigenvalue weighted by Gasteiger charge is 2.09. The summed E-state index contributed by atoms with van der Waals surface area (Å²) in [5.74, 6) is -0.607. The smallest absolute Gasteiger partial charge is 0.258 e. The maximum atomic E-state index is 12.0. The van der Waals surface area contributed by atoms with Crippen LogP contribution in [0.4, 0.5) is 0 Å². The molecule has 0 fully saturated rings. The molecule has 6 heteroatoms. The summed E-state index contributed by atoms with van der Waals surface area (Å²) < 4.78 is 1.54. The Kier molecular flexibility index (Phi) is 4.05. The molecule has 0 atom stereocenters. The van der Waals surface area contributed by atoms with Gasteiger partial charge in [0.1, 0.15) is 6.33 Å². The number of carbonyl (C=O) groups excluding carboxylic acids is 2. The number of hydrogen-bond donors (Lipinski definition) is 2. The van der Waals surface area contributed by atoms with Gasteiger partial charge in [0.05, 0.1) is 17.6 Å². The van der Waals surface area contributed by atoms with Gasteiger partial charge in [-0.3, -0.25) is 15.0 Å². The van der Waals surface area contributed by atoms with Crippen molar-refractivity contribution in [3.05, 3.63) is 66.0 Å². The molecule has 1 heterocycles. The van der Waals surface area contributed by atoms with E-state index in [1.54, 1.807) is 12.1 Å². The molecular weight excluding hydrogens is 292 g/mol. The van der Waals surface area contributed by atoms with Crippen LogP contribution in [0.2, 0.25) is 0 Å². The molecule has 2 amide bonds. The van der Waals surface area contributed by atoms with Gasteiger partial charge in [-0.05, 0) is 31.2 Å². The molecule has 0 radical (unpaired) electrons. The van der Waals surface area contributed by atoms with E-state index in [1.807, 2.05) is 43.3 Å². The summed E-state index contributed by atoms with van der Waals surface area (Å²) in [5.41, 5.74) is 5.87. The Morgan fingerprint density at radius 1 is 1.09 bits per heavy atom. The minimum absolute atomic E-state index is 0.112. The molecular formula is C17H16N4O2. The van der Waals surface area contributed by atoms with Crippen molar-refractivity contribution in [1.82, 2.24) is 15.0 Å². The number of aromatic nitrogens is 2. The van der Waals surface area contributed by atoms with Gasteiger partial charge in [0, 0.05) is 5.56 Å². The van der Waals surface area contributed by atoms with Crippen molar-refractivity contribution in [1.29, 1.82) is 0 Å². The molecule has 23 heavy (non-hydrogen) atoms. The number of amides is 2. The Morgan fingerprint density at radius 2 is 1.83 bits per heavy atom. The Bertz CT molecular complexity index is 852. The Labute approximate surface area is 133 Å². The van der Waals surface area contributed by atoms with E-state index < -0.39 is 0 Å². The van der Waals surface area contributed by atoms with E-state index in [0.717, 1.165) is 16.6 Å². The maximum absolute atomic E-state index is 12.0. The van der Waals surface area contributed by atoms with Gasteiger partial charge in [0.2, 0.25) is 0 Å². The van der Waals surface area contributed by atoms with Crippen LogP contribution in [0, 0.1) is 6.92 Å². The minimum Gasteiger partial charge on any atom is -0.343 e. The molecule has 2 N–H and O–H groups in total. The average molecular weight is 308 g/mol. The van der Waals surface area contributed by atoms with Crippen molar-refractivity contribution >= 4 is 22.8 Å². The van der Waals surface area contributed by atoms with E-state index in [9.17, 15) is 9.59 Å². The summed E-state index contributed by atoms with van der Waals surface area (Å²) in [4.78, 5) is 28.1. The molecule has 0 aliphatic carbocycles. The lowest BCUT2D eigenvalue weighted by molar-refractivity contribution is -0.116. The predicted molar refractivity (Wildman–Crippen MR) is 87.6 cm³/mol. The molecule has 0 aliphatic rings. The summed E-state index contributed by atoms with van der Waals surface area (Å²) >= 11 is 0. The maximum Gasteiger partial charge on any atom is 0.258 e. The van der Waals surface area contributed by atoms with Crippen molar-refractivity contribution in [3.8, 4) is 0 Å². The highest BCUT2D eigenvalue weighted by Crippen LogP contribution is 2.09. The molecule has 3 aromatic rings. The first-order chi connectivity index (χ1) is 11.1. The minimum atomic E-state index is -0.325. The van der Waals surface area contributed by atoms with E-state index in [4.69, 9.17) is 0 Å². The normalized spacial score (nSPS) is 10.5. The zero-order valence-corrected chi connectivity index (χ0v) is 12.6. The molecule has 0 aliphatic heterocycles. The first-order valence-electron chi connectivity index (χ1n) is 7.20. The number of fused-ring (bicyclic) bond motifs is 1. The highest BCUT2D eigenvalue weighted by atomic mass is 16.2. The third-order valence-electron chi connectivity index (χ3n) is 3.42. The molecule has 3 rings (SSSR count). The summed E-state index contributed by atoms with van der Waals surface area (Å²) in [7, 11) is 0. The van der Waals surface area contributed by atoms with Crippen LogP contribution in [0.25, 0.3) is 11.0 Å². The van der Waals surface area contributed by atoms with Crippen LogP contribution >= 0.6 is 0 Å². The number of rotatable bonds is 4. The van der Waals surface area contributed by atoms with Gasteiger partial charge >= 0.3 is 0 Å². The number of carbonyl (C=O) groups is 2. The standard InChI is InChI=1S/C17H16N4O2/c1-12-6-8-13(9-7-12)17(23)18-10-16(22)20-21-11-19-14-4-2-3-5-15(14)21/h2-9,11H,10H2,1H3,(H,18,23)(H,20,22). The molecule has 0 spiro atoms. The lowest BCUT2D eigenvalue weighted by Crippen LogP contribution is -2.35. The number of para-hydroxylation sites is 2. The third-order valence-corrected chi connectivity index (χ3v) is 3.42. The van der Waals surface area contributed by atoms with Crippen molar-refractivity contribution in [3.63, 3.8) is 0 Å². The largest absolute Gasteiger partial charge is 0.343 e. The summed E-state index contributed by atoms with van der Waals surface area (Å²) in [6.45, 7) is 1.84. The quantitative estimate of drug-likeness (QED) is 0.772. The fourth-order valence-corrected chi connectivity index (χ4v) is 2.19. The molecule has 6 nitrogen and oxygen atoms in total. The number of hydrogen-bond acceptors (Lipinski definition) is 3. The number of aryl methyl sites for hydroxylation is 1. The monoisotopic (exact) mass is 308 g/mol. The molecule has 0 saturated carbocycles. The fraction of sp³-hybridized carbons (Fsp3) is 0.118. The Balaban J connectivity index is 1.59. The first kappa shape index (κ1) is 14.8. The van der Waals surface area contributed by atoms with E-state index in [-0.39, 0.29) is 18.4 Å². The summed E-state index contributed by atoms with van der Waals surface area (Å²) in [5, 5.41) is 2.59. The van der Waals surface area contributed by atoms with Gasteiger partial charge in [-0.25, -0.2) is 9.66 Å². The van der Waals surface area contributed by atoms with E-state index in [1.165, 1.54) is 11.0 Å². The van der Waals surface area contributed by atoms with E-state index in [2.05, 4.69) is 15.7 Å². The molecule has 0 bridgehead atoms. The van der Waals surface area contributed by atoms with E-state index >= 15 is 0 Å². The highest BCUT2D eigenvalue weighted by molar-refractivity contribution is 5.97. The molecule has 116 valence electrons. The van der Waals surface area contributed by atoms with Crippen molar-refractivity contribution in [2.75, 3.05) is 12.0 Å². The zero-order valence-electron chi connectivity index (χ0n) is 12.6. The van der Waals surface area contributed by atoms with Crippen LogP contribution in [0.3, 0.4) is 0 Å². The molecule has 0 unspecified atom stereocenters. The van der Waals surface area contributed by atoms with Crippen LogP contribution in [0.5, 0.6) is 0 Å². The molecule has 2 aromatic carbocycles. The SMILES string of the molecule is Cc1ccc(C(=O)NCC(=O)Nn2cnc3ccccc32)cc1. The third kappa shape index (κ3) is 3.37. The fourth-order valence-electron chi connectivity index (χ4n) is 2.19. The number of benzene rings is 2. The van der Waals surface area contributed by atoms with E-state index in [0.29, 0.717) is 5.56 Å². The van der Waals surface area contributed by atoms with Gasteiger partial charge in [-0.1, -0.05) is 29.8 Å². The lowest BCUT2D eigenvalue weighted by atomic mass is 10.1. The van der Waals surface area contributed by atoms with Crippen LogP contribution in [-0.2, 0) is 4.79 Å². The predicted octanol–water partition coefficient (Wildman–Crippen LogP) is 1.84. The number of nitrogens with zero attached hydrogens (tertiary/aromatic N) is 2. The van der Waals surface area contributed by atoms with Crippen LogP contribution in [-0.4, -0.2) is 28.0 Å². The van der Waals surface area contributed by atoms with Gasteiger partial charge < -0.3 is 5.32 Å². The van der Waals surface area contributed by atoms with Crippen LogP contribution < -0.4 is 10.7 Å². The topological polar surface area (TPSA) is 76.0 Å². The van der Waals surface area contributed by atoms with Gasteiger partial charge in [-0.15, -0.1) is 0 Å². The Morgan fingerprint density at radius 3 is 2.61 bits per heavy atom. The second-order valence-corrected chi connectivity index (χ2v) is 5.19.